The molecule has 0 fully saturated rings. The Morgan fingerprint density at radius 3 is 2.28 bits per heavy atom. The van der Waals surface area contributed by atoms with Gasteiger partial charge < -0.3 is 23.7 Å². The molecule has 0 atom stereocenters. The van der Waals surface area contributed by atoms with Crippen LogP contribution in [0.5, 0.6) is 28.7 Å². The summed E-state index contributed by atoms with van der Waals surface area (Å²) in [5, 5.41) is 0. The largest absolute Gasteiger partial charge is 0.496 e. The molecule has 0 saturated heterocycles. The van der Waals surface area contributed by atoms with E-state index in [2.05, 4.69) is 0 Å². The van der Waals surface area contributed by atoms with Gasteiger partial charge in [0.05, 0.1) is 26.9 Å². The number of ketones is 2. The molecule has 7 heteroatoms. The summed E-state index contributed by atoms with van der Waals surface area (Å²) in [7, 11) is 4.59. The fraction of sp³-hybridized carbons (Fsp3) is 0.273. The molecule has 1 heterocycles. The standard InChI is InChI=1S/C22H22O7/c1-12(23)11-28-16-7-6-15-21(24)20(29-22(15)13(16)2)9-14-8-18(26-4)19(27-5)10-17(14)25-3/h6-10H,11H2,1-5H3/b20-9-. The Labute approximate surface area is 168 Å². The van der Waals surface area contributed by atoms with Crippen molar-refractivity contribution in [3.05, 3.63) is 46.7 Å². The van der Waals surface area contributed by atoms with Crippen LogP contribution in [0.25, 0.3) is 6.08 Å². The van der Waals surface area contributed by atoms with Gasteiger partial charge in [-0.25, -0.2) is 0 Å². The van der Waals surface area contributed by atoms with Crippen molar-refractivity contribution >= 4 is 17.6 Å². The van der Waals surface area contributed by atoms with Gasteiger partial charge in [0.25, 0.3) is 0 Å². The van der Waals surface area contributed by atoms with Gasteiger partial charge in [0, 0.05) is 17.2 Å². The van der Waals surface area contributed by atoms with Crippen LogP contribution in [0, 0.1) is 6.92 Å². The second-order valence-corrected chi connectivity index (χ2v) is 6.44. The van der Waals surface area contributed by atoms with Crippen molar-refractivity contribution in [3.63, 3.8) is 0 Å². The highest BCUT2D eigenvalue weighted by atomic mass is 16.5. The first-order valence-electron chi connectivity index (χ1n) is 8.89. The summed E-state index contributed by atoms with van der Waals surface area (Å²) in [6.07, 6.45) is 1.60. The van der Waals surface area contributed by atoms with Gasteiger partial charge in [0.2, 0.25) is 5.78 Å². The van der Waals surface area contributed by atoms with E-state index < -0.39 is 0 Å². The van der Waals surface area contributed by atoms with E-state index in [0.717, 1.165) is 0 Å². The first-order chi connectivity index (χ1) is 13.9. The molecule has 2 aromatic rings. The first-order valence-corrected chi connectivity index (χ1v) is 8.89. The van der Waals surface area contributed by atoms with Gasteiger partial charge in [-0.1, -0.05) is 0 Å². The topological polar surface area (TPSA) is 80.3 Å². The Morgan fingerprint density at radius 1 is 1.00 bits per heavy atom. The maximum absolute atomic E-state index is 12.8. The molecule has 0 saturated carbocycles. The Bertz CT molecular complexity index is 1000. The average molecular weight is 398 g/mol. The van der Waals surface area contributed by atoms with E-state index >= 15 is 0 Å². The van der Waals surface area contributed by atoms with E-state index in [1.54, 1.807) is 37.3 Å². The Balaban J connectivity index is 1.99. The lowest BCUT2D eigenvalue weighted by Crippen LogP contribution is -2.07. The number of rotatable bonds is 7. The third kappa shape index (κ3) is 3.89. The molecule has 2 aromatic carbocycles. The van der Waals surface area contributed by atoms with Crippen molar-refractivity contribution in [1.29, 1.82) is 0 Å². The minimum absolute atomic E-state index is 0.0425. The predicted molar refractivity (Wildman–Crippen MR) is 106 cm³/mol. The molecule has 0 unspecified atom stereocenters. The number of carbonyl (C=O) groups excluding carboxylic acids is 2. The van der Waals surface area contributed by atoms with Crippen LogP contribution in [0.1, 0.15) is 28.4 Å². The number of ether oxygens (including phenoxy) is 5. The number of benzene rings is 2. The maximum atomic E-state index is 12.8. The second-order valence-electron chi connectivity index (χ2n) is 6.44. The lowest BCUT2D eigenvalue weighted by atomic mass is 10.1. The van der Waals surface area contributed by atoms with Gasteiger partial charge >= 0.3 is 0 Å². The van der Waals surface area contributed by atoms with E-state index in [-0.39, 0.29) is 23.9 Å². The Morgan fingerprint density at radius 2 is 1.66 bits per heavy atom. The predicted octanol–water partition coefficient (Wildman–Crippen LogP) is 3.60. The third-order valence-electron chi connectivity index (χ3n) is 4.49. The molecule has 7 nitrogen and oxygen atoms in total. The number of methoxy groups -OCH3 is 3. The number of hydrogen-bond donors (Lipinski definition) is 0. The van der Waals surface area contributed by atoms with Crippen LogP contribution in [0.4, 0.5) is 0 Å². The summed E-state index contributed by atoms with van der Waals surface area (Å²) < 4.78 is 27.4. The maximum Gasteiger partial charge on any atom is 0.231 e. The Kier molecular flexibility index (Phi) is 5.77. The van der Waals surface area contributed by atoms with Crippen molar-refractivity contribution in [2.45, 2.75) is 13.8 Å². The molecular formula is C22H22O7. The van der Waals surface area contributed by atoms with E-state index in [4.69, 9.17) is 23.7 Å². The van der Waals surface area contributed by atoms with Gasteiger partial charge in [-0.15, -0.1) is 0 Å². The lowest BCUT2D eigenvalue weighted by Gasteiger charge is -2.12. The monoisotopic (exact) mass is 398 g/mol. The van der Waals surface area contributed by atoms with Gasteiger partial charge in [-0.05, 0) is 38.1 Å². The van der Waals surface area contributed by atoms with E-state index in [0.29, 0.717) is 45.4 Å². The molecule has 0 radical (unpaired) electrons. The van der Waals surface area contributed by atoms with E-state index in [9.17, 15) is 9.59 Å². The Hall–Kier alpha value is -3.48. The fourth-order valence-electron chi connectivity index (χ4n) is 3.01. The minimum atomic E-state index is -0.252. The molecule has 0 spiro atoms. The molecule has 0 aliphatic carbocycles. The zero-order chi connectivity index (χ0) is 21.1. The van der Waals surface area contributed by atoms with E-state index in [1.807, 2.05) is 0 Å². The van der Waals surface area contributed by atoms with Crippen molar-refractivity contribution < 1.29 is 33.3 Å². The zero-order valence-corrected chi connectivity index (χ0v) is 17.0. The third-order valence-corrected chi connectivity index (χ3v) is 4.49. The summed E-state index contributed by atoms with van der Waals surface area (Å²) >= 11 is 0. The number of hydrogen-bond acceptors (Lipinski definition) is 7. The van der Waals surface area contributed by atoms with Crippen LogP contribution in [-0.4, -0.2) is 39.5 Å². The van der Waals surface area contributed by atoms with Gasteiger partial charge in [0.1, 0.15) is 23.9 Å². The smallest absolute Gasteiger partial charge is 0.231 e. The van der Waals surface area contributed by atoms with Crippen LogP contribution < -0.4 is 23.7 Å². The van der Waals surface area contributed by atoms with Crippen molar-refractivity contribution in [2.24, 2.45) is 0 Å². The van der Waals surface area contributed by atoms with Crippen molar-refractivity contribution in [2.75, 3.05) is 27.9 Å². The molecule has 1 aliphatic rings. The minimum Gasteiger partial charge on any atom is -0.496 e. The zero-order valence-electron chi connectivity index (χ0n) is 17.0. The number of Topliss-reactive ketones (excluding diaryl/α,β-unsaturated/α-hetero) is 2. The van der Waals surface area contributed by atoms with Crippen molar-refractivity contribution in [1.82, 2.24) is 0 Å². The first kappa shape index (κ1) is 20.3. The molecule has 3 rings (SSSR count). The van der Waals surface area contributed by atoms with Gasteiger partial charge in [0.15, 0.2) is 23.0 Å². The molecule has 29 heavy (non-hydrogen) atoms. The van der Waals surface area contributed by atoms with Crippen LogP contribution in [0.15, 0.2) is 30.0 Å². The molecule has 0 aromatic heterocycles. The van der Waals surface area contributed by atoms with Crippen LogP contribution in [-0.2, 0) is 4.79 Å². The highest BCUT2D eigenvalue weighted by Crippen LogP contribution is 2.41. The molecular weight excluding hydrogens is 376 g/mol. The molecule has 0 N–H and O–H groups in total. The van der Waals surface area contributed by atoms with Crippen molar-refractivity contribution in [3.8, 4) is 28.7 Å². The van der Waals surface area contributed by atoms with Crippen LogP contribution in [0.2, 0.25) is 0 Å². The highest BCUT2D eigenvalue weighted by Gasteiger charge is 2.30. The lowest BCUT2D eigenvalue weighted by molar-refractivity contribution is -0.118. The number of allylic oxidation sites excluding steroid dienone is 1. The quantitative estimate of drug-likeness (QED) is 0.659. The molecule has 152 valence electrons. The summed E-state index contributed by atoms with van der Waals surface area (Å²) in [5.41, 5.74) is 1.69. The second kappa shape index (κ2) is 8.26. The molecule has 0 amide bonds. The summed E-state index contributed by atoms with van der Waals surface area (Å²) in [6.45, 7) is 3.18. The molecule has 1 aliphatic heterocycles. The van der Waals surface area contributed by atoms with Gasteiger partial charge in [-0.3, -0.25) is 9.59 Å². The number of carbonyl (C=O) groups is 2. The van der Waals surface area contributed by atoms with Gasteiger partial charge in [-0.2, -0.15) is 0 Å². The van der Waals surface area contributed by atoms with Crippen LogP contribution >= 0.6 is 0 Å². The SMILES string of the molecule is COc1cc(OC)c(OC)cc1/C=C1\Oc2c(ccc(OCC(C)=O)c2C)C1=O. The summed E-state index contributed by atoms with van der Waals surface area (Å²) in [6, 6.07) is 6.68. The summed E-state index contributed by atoms with van der Waals surface area (Å²) in [4.78, 5) is 24.0. The fourth-order valence-corrected chi connectivity index (χ4v) is 3.01. The van der Waals surface area contributed by atoms with Crippen LogP contribution in [0.3, 0.4) is 0 Å². The average Bonchev–Trinajstić information content (AvgIpc) is 3.03. The highest BCUT2D eigenvalue weighted by molar-refractivity contribution is 6.15. The molecule has 0 bridgehead atoms. The summed E-state index contributed by atoms with van der Waals surface area (Å²) in [5.74, 6) is 2.23. The normalized spacial score (nSPS) is 13.7. The number of fused-ring (bicyclic) bond motifs is 1. The van der Waals surface area contributed by atoms with E-state index in [1.165, 1.54) is 28.3 Å².